The van der Waals surface area contributed by atoms with E-state index in [9.17, 15) is 9.18 Å². The number of rotatable bonds is 3. The van der Waals surface area contributed by atoms with E-state index in [2.05, 4.69) is 11.9 Å². The molecule has 0 amide bonds. The lowest BCUT2D eigenvalue weighted by Crippen LogP contribution is -2.43. The molecule has 0 unspecified atom stereocenters. The van der Waals surface area contributed by atoms with Crippen molar-refractivity contribution in [3.63, 3.8) is 0 Å². The summed E-state index contributed by atoms with van der Waals surface area (Å²) in [6.45, 7) is 1.73. The van der Waals surface area contributed by atoms with Gasteiger partial charge in [-0.2, -0.15) is 0 Å². The Kier molecular flexibility index (Phi) is 4.44. The first-order chi connectivity index (χ1) is 11.1. The van der Waals surface area contributed by atoms with Gasteiger partial charge in [0.15, 0.2) is 0 Å². The molecule has 0 radical (unpaired) electrons. The molecule has 120 valence electrons. The summed E-state index contributed by atoms with van der Waals surface area (Å²) in [5.41, 5.74) is 0.781. The highest BCUT2D eigenvalue weighted by molar-refractivity contribution is 5.89. The molecule has 23 heavy (non-hydrogen) atoms. The molecular formula is C19H20FNO2. The van der Waals surface area contributed by atoms with Crippen LogP contribution < -0.4 is 0 Å². The Morgan fingerprint density at radius 3 is 2.26 bits per heavy atom. The topological polar surface area (TPSA) is 29.5 Å². The van der Waals surface area contributed by atoms with Crippen LogP contribution in [0.15, 0.2) is 54.6 Å². The van der Waals surface area contributed by atoms with Crippen LogP contribution >= 0.6 is 0 Å². The maximum atomic E-state index is 13.0. The van der Waals surface area contributed by atoms with Crippen LogP contribution in [-0.2, 0) is 10.3 Å². The van der Waals surface area contributed by atoms with Crippen LogP contribution in [0.5, 0.6) is 0 Å². The summed E-state index contributed by atoms with van der Waals surface area (Å²) in [4.78, 5) is 14.8. The first-order valence-corrected chi connectivity index (χ1v) is 7.82. The Morgan fingerprint density at radius 2 is 1.65 bits per heavy atom. The normalized spacial score (nSPS) is 17.7. The highest BCUT2D eigenvalue weighted by atomic mass is 19.1. The lowest BCUT2D eigenvalue weighted by atomic mass is 9.84. The average molecular weight is 313 g/mol. The van der Waals surface area contributed by atoms with Gasteiger partial charge in [0.2, 0.25) is 0 Å². The zero-order valence-electron chi connectivity index (χ0n) is 13.2. The number of hydrogen-bond donors (Lipinski definition) is 0. The lowest BCUT2D eigenvalue weighted by Gasteiger charge is -2.40. The summed E-state index contributed by atoms with van der Waals surface area (Å²) in [5.74, 6) is -0.767. The molecule has 1 fully saturated rings. The molecule has 2 aromatic rings. The maximum Gasteiger partial charge on any atom is 0.339 e. The quantitative estimate of drug-likeness (QED) is 0.811. The third-order valence-electron chi connectivity index (χ3n) is 4.46. The minimum Gasteiger partial charge on any atom is -0.450 e. The molecule has 0 saturated carbocycles. The number of nitrogens with zero attached hydrogens (tertiary/aromatic N) is 1. The molecule has 1 heterocycles. The number of carbonyl (C=O) groups is 1. The van der Waals surface area contributed by atoms with Crippen LogP contribution in [0.1, 0.15) is 28.8 Å². The van der Waals surface area contributed by atoms with Crippen molar-refractivity contribution >= 4 is 5.97 Å². The molecule has 0 spiro atoms. The van der Waals surface area contributed by atoms with Crippen LogP contribution in [-0.4, -0.2) is 31.0 Å². The van der Waals surface area contributed by atoms with Crippen LogP contribution in [0.4, 0.5) is 4.39 Å². The summed E-state index contributed by atoms with van der Waals surface area (Å²) in [6, 6.07) is 15.4. The Bertz CT molecular complexity index is 662. The van der Waals surface area contributed by atoms with Crippen LogP contribution in [0.25, 0.3) is 0 Å². The van der Waals surface area contributed by atoms with Gasteiger partial charge in [-0.05, 0) is 36.9 Å². The molecule has 0 atom stereocenters. The largest absolute Gasteiger partial charge is 0.450 e. The molecule has 4 heteroatoms. The number of ether oxygens (including phenoxy) is 1. The summed E-state index contributed by atoms with van der Waals surface area (Å²) in [7, 11) is 2.07. The van der Waals surface area contributed by atoms with Gasteiger partial charge in [-0.25, -0.2) is 9.18 Å². The van der Waals surface area contributed by atoms with E-state index in [1.807, 2.05) is 30.3 Å². The second-order valence-corrected chi connectivity index (χ2v) is 6.06. The van der Waals surface area contributed by atoms with Crippen molar-refractivity contribution in [2.45, 2.75) is 18.4 Å². The van der Waals surface area contributed by atoms with Crippen LogP contribution in [0.2, 0.25) is 0 Å². The van der Waals surface area contributed by atoms with E-state index in [0.29, 0.717) is 5.56 Å². The maximum absolute atomic E-state index is 13.0. The van der Waals surface area contributed by atoms with Crippen LogP contribution in [0.3, 0.4) is 0 Å². The second kappa shape index (κ2) is 6.50. The number of hydrogen-bond acceptors (Lipinski definition) is 3. The molecule has 1 saturated heterocycles. The van der Waals surface area contributed by atoms with Crippen molar-refractivity contribution in [3.8, 4) is 0 Å². The SMILES string of the molecule is CN1CCC(OC(=O)c2ccc(F)cc2)(c2ccccc2)CC1. The molecule has 3 nitrogen and oxygen atoms in total. The Hall–Kier alpha value is -2.20. The van der Waals surface area contributed by atoms with Gasteiger partial charge in [0.25, 0.3) is 0 Å². The summed E-state index contributed by atoms with van der Waals surface area (Å²) >= 11 is 0. The van der Waals surface area contributed by atoms with E-state index >= 15 is 0 Å². The molecule has 3 rings (SSSR count). The van der Waals surface area contributed by atoms with Gasteiger partial charge >= 0.3 is 5.97 Å². The molecule has 0 aromatic heterocycles. The van der Waals surface area contributed by atoms with E-state index in [1.165, 1.54) is 24.3 Å². The summed E-state index contributed by atoms with van der Waals surface area (Å²) < 4.78 is 19.0. The van der Waals surface area contributed by atoms with Crippen molar-refractivity contribution in [1.29, 1.82) is 0 Å². The van der Waals surface area contributed by atoms with Crippen LogP contribution in [0, 0.1) is 5.82 Å². The summed E-state index contributed by atoms with van der Waals surface area (Å²) in [6.07, 6.45) is 1.50. The standard InChI is InChI=1S/C19H20FNO2/c1-21-13-11-19(12-14-21,16-5-3-2-4-6-16)23-18(22)15-7-9-17(20)10-8-15/h2-10H,11-14H2,1H3. The minimum atomic E-state index is -0.612. The number of esters is 1. The predicted octanol–water partition coefficient (Wildman–Crippen LogP) is 3.60. The lowest BCUT2D eigenvalue weighted by molar-refractivity contribution is -0.0523. The third-order valence-corrected chi connectivity index (χ3v) is 4.46. The number of halogens is 1. The van der Waals surface area contributed by atoms with Crippen molar-refractivity contribution in [2.75, 3.05) is 20.1 Å². The summed E-state index contributed by atoms with van der Waals surface area (Å²) in [5, 5.41) is 0. The molecule has 2 aromatic carbocycles. The fraction of sp³-hybridized carbons (Fsp3) is 0.316. The fourth-order valence-corrected chi connectivity index (χ4v) is 2.99. The van der Waals surface area contributed by atoms with Gasteiger partial charge in [0.05, 0.1) is 5.56 Å². The van der Waals surface area contributed by atoms with Gasteiger partial charge in [0, 0.05) is 25.9 Å². The number of carbonyl (C=O) groups excluding carboxylic acids is 1. The Balaban J connectivity index is 1.87. The van der Waals surface area contributed by atoms with E-state index in [-0.39, 0.29) is 5.82 Å². The predicted molar refractivity (Wildman–Crippen MR) is 86.7 cm³/mol. The molecule has 0 aliphatic carbocycles. The second-order valence-electron chi connectivity index (χ2n) is 6.06. The highest BCUT2D eigenvalue weighted by Crippen LogP contribution is 2.37. The number of piperidine rings is 1. The van der Waals surface area contributed by atoms with Gasteiger partial charge < -0.3 is 9.64 Å². The highest BCUT2D eigenvalue weighted by Gasteiger charge is 2.39. The Labute approximate surface area is 135 Å². The van der Waals surface area contributed by atoms with Gasteiger partial charge in [-0.3, -0.25) is 0 Å². The molecule has 1 aliphatic heterocycles. The zero-order valence-corrected chi connectivity index (χ0v) is 13.2. The minimum absolute atomic E-state index is 0.362. The van der Waals surface area contributed by atoms with Gasteiger partial charge in [-0.1, -0.05) is 30.3 Å². The molecule has 1 aliphatic rings. The monoisotopic (exact) mass is 313 g/mol. The first-order valence-electron chi connectivity index (χ1n) is 7.82. The number of likely N-dealkylation sites (tertiary alicyclic amines) is 1. The average Bonchev–Trinajstić information content (AvgIpc) is 2.58. The zero-order chi connectivity index (χ0) is 16.3. The van der Waals surface area contributed by atoms with Gasteiger partial charge in [0.1, 0.15) is 11.4 Å². The fourth-order valence-electron chi connectivity index (χ4n) is 2.99. The molecule has 0 N–H and O–H groups in total. The van der Waals surface area contributed by atoms with E-state index in [1.54, 1.807) is 0 Å². The van der Waals surface area contributed by atoms with E-state index in [0.717, 1.165) is 31.5 Å². The van der Waals surface area contributed by atoms with Crippen molar-refractivity contribution in [3.05, 3.63) is 71.5 Å². The van der Waals surface area contributed by atoms with E-state index in [4.69, 9.17) is 4.74 Å². The third kappa shape index (κ3) is 3.42. The number of benzene rings is 2. The smallest absolute Gasteiger partial charge is 0.339 e. The van der Waals surface area contributed by atoms with Crippen molar-refractivity contribution in [1.82, 2.24) is 4.90 Å². The van der Waals surface area contributed by atoms with Crippen molar-refractivity contribution < 1.29 is 13.9 Å². The van der Waals surface area contributed by atoms with E-state index < -0.39 is 11.6 Å². The molecular weight excluding hydrogens is 293 g/mol. The molecule has 0 bridgehead atoms. The first kappa shape index (κ1) is 15.7. The van der Waals surface area contributed by atoms with Gasteiger partial charge in [-0.15, -0.1) is 0 Å². The van der Waals surface area contributed by atoms with Crippen molar-refractivity contribution in [2.24, 2.45) is 0 Å². The Morgan fingerprint density at radius 1 is 1.04 bits per heavy atom.